The Morgan fingerprint density at radius 3 is 1.73 bits per heavy atom. The maximum Gasteiger partial charge on any atom is 0.320 e. The van der Waals surface area contributed by atoms with Crippen molar-refractivity contribution in [1.82, 2.24) is 0 Å². The SMILES string of the molecule is CC(C)CC(N)C(=O)O.OCC(O)CO. The Hall–Kier alpha value is -0.690. The molecule has 0 aromatic heterocycles. The summed E-state index contributed by atoms with van der Waals surface area (Å²) in [6.07, 6.45) is -0.403. The molecule has 15 heavy (non-hydrogen) atoms. The average molecular weight is 223 g/mol. The van der Waals surface area contributed by atoms with Gasteiger partial charge in [0.15, 0.2) is 0 Å². The number of hydrogen-bond donors (Lipinski definition) is 5. The average Bonchev–Trinajstić information content (AvgIpc) is 2.16. The smallest absolute Gasteiger partial charge is 0.320 e. The van der Waals surface area contributed by atoms with Crippen LogP contribution in [-0.2, 0) is 4.79 Å². The van der Waals surface area contributed by atoms with Crippen molar-refractivity contribution in [2.24, 2.45) is 11.7 Å². The van der Waals surface area contributed by atoms with Gasteiger partial charge in [0.2, 0.25) is 0 Å². The first-order valence-corrected chi connectivity index (χ1v) is 4.73. The van der Waals surface area contributed by atoms with Crippen molar-refractivity contribution in [2.75, 3.05) is 13.2 Å². The van der Waals surface area contributed by atoms with Gasteiger partial charge in [-0.25, -0.2) is 0 Å². The van der Waals surface area contributed by atoms with Gasteiger partial charge in [-0.3, -0.25) is 4.79 Å². The third-order valence-corrected chi connectivity index (χ3v) is 1.46. The number of rotatable bonds is 5. The van der Waals surface area contributed by atoms with Gasteiger partial charge in [-0.2, -0.15) is 0 Å². The Balaban J connectivity index is 0. The lowest BCUT2D eigenvalue weighted by molar-refractivity contribution is -0.138. The lowest BCUT2D eigenvalue weighted by Gasteiger charge is -2.07. The van der Waals surface area contributed by atoms with Crippen LogP contribution in [0.1, 0.15) is 20.3 Å². The zero-order valence-electron chi connectivity index (χ0n) is 9.13. The number of hydrogen-bond acceptors (Lipinski definition) is 5. The first-order chi connectivity index (χ1) is 6.84. The third-order valence-electron chi connectivity index (χ3n) is 1.46. The van der Waals surface area contributed by atoms with Gasteiger partial charge in [-0.15, -0.1) is 0 Å². The fourth-order valence-electron chi connectivity index (χ4n) is 0.666. The minimum Gasteiger partial charge on any atom is -0.480 e. The zero-order chi connectivity index (χ0) is 12.4. The normalized spacial score (nSPS) is 12.3. The summed E-state index contributed by atoms with van der Waals surface area (Å²) in [4.78, 5) is 10.1. The molecule has 0 saturated carbocycles. The molecule has 0 aromatic carbocycles. The molecular formula is C9H21NO5. The number of carbonyl (C=O) groups is 1. The molecule has 0 heterocycles. The first kappa shape index (κ1) is 16.7. The van der Waals surface area contributed by atoms with Gasteiger partial charge in [-0.05, 0) is 12.3 Å². The van der Waals surface area contributed by atoms with Crippen LogP contribution in [0.3, 0.4) is 0 Å². The summed E-state index contributed by atoms with van der Waals surface area (Å²) in [5.41, 5.74) is 5.22. The first-order valence-electron chi connectivity index (χ1n) is 4.73. The topological polar surface area (TPSA) is 124 Å². The second-order valence-corrected chi connectivity index (χ2v) is 3.59. The summed E-state index contributed by atoms with van der Waals surface area (Å²) in [7, 11) is 0. The minimum absolute atomic E-state index is 0.357. The highest BCUT2D eigenvalue weighted by atomic mass is 16.4. The standard InChI is InChI=1S/C6H13NO2.C3H8O3/c1-4(2)3-5(7)6(8)9;4-1-3(6)2-5/h4-5H,3,7H2,1-2H3,(H,8,9);3-6H,1-2H2. The highest BCUT2D eigenvalue weighted by Crippen LogP contribution is 2.01. The Labute approximate surface area is 89.3 Å². The molecule has 6 N–H and O–H groups in total. The van der Waals surface area contributed by atoms with E-state index in [1.165, 1.54) is 0 Å². The van der Waals surface area contributed by atoms with Gasteiger partial charge in [0.05, 0.1) is 13.2 Å². The molecule has 0 amide bonds. The Morgan fingerprint density at radius 1 is 1.27 bits per heavy atom. The molecule has 0 saturated heterocycles. The predicted octanol–water partition coefficient (Wildman–Crippen LogP) is -1.22. The molecule has 0 aromatic rings. The van der Waals surface area contributed by atoms with Gasteiger partial charge in [0.25, 0.3) is 0 Å². The zero-order valence-corrected chi connectivity index (χ0v) is 9.13. The van der Waals surface area contributed by atoms with Gasteiger partial charge in [-0.1, -0.05) is 13.8 Å². The molecule has 6 nitrogen and oxygen atoms in total. The van der Waals surface area contributed by atoms with E-state index in [-0.39, 0.29) is 13.2 Å². The van der Waals surface area contributed by atoms with E-state index in [1.54, 1.807) is 0 Å². The number of aliphatic hydroxyl groups excluding tert-OH is 3. The maximum absolute atomic E-state index is 10.1. The van der Waals surface area contributed by atoms with E-state index in [9.17, 15) is 4.79 Å². The van der Waals surface area contributed by atoms with Gasteiger partial charge < -0.3 is 26.2 Å². The Kier molecular flexibility index (Phi) is 11.0. The second kappa shape index (κ2) is 9.85. The quantitative estimate of drug-likeness (QED) is 0.398. The maximum atomic E-state index is 10.1. The minimum atomic E-state index is -0.954. The monoisotopic (exact) mass is 223 g/mol. The van der Waals surface area contributed by atoms with Crippen LogP contribution >= 0.6 is 0 Å². The molecular weight excluding hydrogens is 202 g/mol. The van der Waals surface area contributed by atoms with Gasteiger partial charge in [0, 0.05) is 0 Å². The number of carboxylic acids is 1. The van der Waals surface area contributed by atoms with Gasteiger partial charge >= 0.3 is 5.97 Å². The molecule has 0 aliphatic carbocycles. The number of nitrogens with two attached hydrogens (primary N) is 1. The fourth-order valence-corrected chi connectivity index (χ4v) is 0.666. The summed E-state index contributed by atoms with van der Waals surface area (Å²) in [6.45, 7) is 3.17. The number of aliphatic carboxylic acids is 1. The Morgan fingerprint density at radius 2 is 1.67 bits per heavy atom. The van der Waals surface area contributed by atoms with E-state index in [0.717, 1.165) is 0 Å². The van der Waals surface area contributed by atoms with E-state index in [2.05, 4.69) is 0 Å². The van der Waals surface area contributed by atoms with Crippen LogP contribution in [0.2, 0.25) is 0 Å². The lowest BCUT2D eigenvalue weighted by atomic mass is 10.1. The van der Waals surface area contributed by atoms with Crippen LogP contribution in [0, 0.1) is 5.92 Å². The van der Waals surface area contributed by atoms with E-state index in [0.29, 0.717) is 12.3 Å². The number of aliphatic hydroxyl groups is 3. The van der Waals surface area contributed by atoms with E-state index < -0.39 is 18.1 Å². The molecule has 0 radical (unpaired) electrons. The second-order valence-electron chi connectivity index (χ2n) is 3.59. The van der Waals surface area contributed by atoms with Crippen molar-refractivity contribution < 1.29 is 25.2 Å². The molecule has 0 aliphatic heterocycles. The van der Waals surface area contributed by atoms with Crippen LogP contribution in [0.4, 0.5) is 0 Å². The molecule has 0 aliphatic rings. The summed E-state index contributed by atoms with van der Waals surface area (Å²) in [5, 5.41) is 32.3. The van der Waals surface area contributed by atoms with Crippen molar-refractivity contribution >= 4 is 5.97 Å². The van der Waals surface area contributed by atoms with Gasteiger partial charge in [0.1, 0.15) is 12.1 Å². The van der Waals surface area contributed by atoms with Crippen molar-refractivity contribution in [1.29, 1.82) is 0 Å². The molecule has 1 atom stereocenters. The fraction of sp³-hybridized carbons (Fsp3) is 0.889. The molecule has 0 bridgehead atoms. The lowest BCUT2D eigenvalue weighted by Crippen LogP contribution is -2.31. The molecule has 1 unspecified atom stereocenters. The van der Waals surface area contributed by atoms with Crippen LogP contribution in [0.5, 0.6) is 0 Å². The van der Waals surface area contributed by atoms with E-state index >= 15 is 0 Å². The molecule has 6 heteroatoms. The van der Waals surface area contributed by atoms with Crippen molar-refractivity contribution in [3.05, 3.63) is 0 Å². The van der Waals surface area contributed by atoms with E-state index in [1.807, 2.05) is 13.8 Å². The molecule has 92 valence electrons. The summed E-state index contributed by atoms with van der Waals surface area (Å²) in [6, 6.07) is -0.690. The number of carboxylic acid groups (broad SMARTS) is 1. The molecule has 0 spiro atoms. The van der Waals surface area contributed by atoms with Crippen LogP contribution < -0.4 is 5.73 Å². The molecule has 0 rings (SSSR count). The summed E-state index contributed by atoms with van der Waals surface area (Å²) in [5.74, 6) is -0.556. The summed E-state index contributed by atoms with van der Waals surface area (Å²) >= 11 is 0. The highest BCUT2D eigenvalue weighted by molar-refractivity contribution is 5.72. The van der Waals surface area contributed by atoms with Crippen LogP contribution in [-0.4, -0.2) is 51.8 Å². The highest BCUT2D eigenvalue weighted by Gasteiger charge is 2.11. The van der Waals surface area contributed by atoms with Crippen molar-refractivity contribution in [3.63, 3.8) is 0 Å². The largest absolute Gasteiger partial charge is 0.480 e. The summed E-state index contributed by atoms with van der Waals surface area (Å²) < 4.78 is 0. The van der Waals surface area contributed by atoms with E-state index in [4.69, 9.17) is 26.2 Å². The third kappa shape index (κ3) is 13.3. The molecule has 0 fully saturated rings. The van der Waals surface area contributed by atoms with Crippen molar-refractivity contribution in [2.45, 2.75) is 32.4 Å². The van der Waals surface area contributed by atoms with Crippen LogP contribution in [0.15, 0.2) is 0 Å². The van der Waals surface area contributed by atoms with Crippen molar-refractivity contribution in [3.8, 4) is 0 Å². The Bertz CT molecular complexity index is 159. The van der Waals surface area contributed by atoms with Crippen LogP contribution in [0.25, 0.3) is 0 Å². The predicted molar refractivity (Wildman–Crippen MR) is 55.2 cm³/mol.